The monoisotopic (exact) mass is 312 g/mol. The van der Waals surface area contributed by atoms with Crippen LogP contribution in [0, 0.1) is 17.0 Å². The molecule has 23 heavy (non-hydrogen) atoms. The quantitative estimate of drug-likeness (QED) is 0.644. The fourth-order valence-electron chi connectivity index (χ4n) is 2.55. The Morgan fingerprint density at radius 2 is 1.91 bits per heavy atom. The minimum atomic E-state index is -0.616. The molecule has 0 bridgehead atoms. The van der Waals surface area contributed by atoms with Gasteiger partial charge in [-0.2, -0.15) is 0 Å². The van der Waals surface area contributed by atoms with Gasteiger partial charge in [0.2, 0.25) is 0 Å². The number of nitro benzene ring substituents is 1. The van der Waals surface area contributed by atoms with Gasteiger partial charge in [-0.05, 0) is 25.5 Å². The van der Waals surface area contributed by atoms with Crippen LogP contribution in [0.3, 0.4) is 0 Å². The molecule has 1 aliphatic heterocycles. The number of carbonyl (C=O) groups is 1. The van der Waals surface area contributed by atoms with E-state index in [1.54, 1.807) is 17.9 Å². The number of hydrogen-bond donors (Lipinski definition) is 0. The molecule has 0 radical (unpaired) electrons. The number of anilines is 1. The van der Waals surface area contributed by atoms with Crippen LogP contribution in [0.5, 0.6) is 5.75 Å². The van der Waals surface area contributed by atoms with E-state index < -0.39 is 11.0 Å². The van der Waals surface area contributed by atoms with Gasteiger partial charge in [0.15, 0.2) is 6.10 Å². The Morgan fingerprint density at radius 1 is 1.22 bits per heavy atom. The van der Waals surface area contributed by atoms with Crippen molar-refractivity contribution in [2.45, 2.75) is 26.5 Å². The van der Waals surface area contributed by atoms with Crippen molar-refractivity contribution in [3.05, 3.63) is 63.7 Å². The number of nitro groups is 1. The van der Waals surface area contributed by atoms with Crippen molar-refractivity contribution in [3.8, 4) is 5.75 Å². The Kier molecular flexibility index (Phi) is 3.73. The van der Waals surface area contributed by atoms with Crippen LogP contribution in [0.2, 0.25) is 0 Å². The SMILES string of the molecule is Cc1ccc(CN2C(=O)C(C)Oc3ccc([N+](=O)[O-])cc32)cc1. The number of nitrogens with zero attached hydrogens (tertiary/aromatic N) is 2. The molecule has 1 heterocycles. The number of ether oxygens (including phenoxy) is 1. The molecule has 3 rings (SSSR count). The van der Waals surface area contributed by atoms with Gasteiger partial charge in [-0.25, -0.2) is 0 Å². The van der Waals surface area contributed by atoms with Crippen LogP contribution < -0.4 is 9.64 Å². The van der Waals surface area contributed by atoms with Crippen molar-refractivity contribution in [2.24, 2.45) is 0 Å². The van der Waals surface area contributed by atoms with Crippen LogP contribution >= 0.6 is 0 Å². The molecule has 1 amide bonds. The number of hydrogen-bond acceptors (Lipinski definition) is 4. The molecule has 2 aromatic carbocycles. The molecule has 6 heteroatoms. The van der Waals surface area contributed by atoms with E-state index in [-0.39, 0.29) is 11.6 Å². The first-order valence-electron chi connectivity index (χ1n) is 7.28. The summed E-state index contributed by atoms with van der Waals surface area (Å²) >= 11 is 0. The second-order valence-electron chi connectivity index (χ2n) is 5.58. The lowest BCUT2D eigenvalue weighted by Crippen LogP contribution is -2.44. The molecule has 2 aromatic rings. The summed E-state index contributed by atoms with van der Waals surface area (Å²) in [6, 6.07) is 12.1. The molecular formula is C17H16N2O4. The fourth-order valence-corrected chi connectivity index (χ4v) is 2.55. The maximum atomic E-state index is 12.5. The third kappa shape index (κ3) is 2.88. The smallest absolute Gasteiger partial charge is 0.271 e. The second-order valence-corrected chi connectivity index (χ2v) is 5.58. The van der Waals surface area contributed by atoms with Crippen molar-refractivity contribution in [2.75, 3.05) is 4.90 Å². The molecule has 1 aliphatic rings. The molecule has 0 fully saturated rings. The molecule has 0 N–H and O–H groups in total. The van der Waals surface area contributed by atoms with Gasteiger partial charge in [-0.15, -0.1) is 0 Å². The summed E-state index contributed by atoms with van der Waals surface area (Å²) in [5.74, 6) is 0.272. The fraction of sp³-hybridized carbons (Fsp3) is 0.235. The number of amides is 1. The Balaban J connectivity index is 2.01. The summed E-state index contributed by atoms with van der Waals surface area (Å²) in [6.45, 7) is 4.01. The highest BCUT2D eigenvalue weighted by molar-refractivity contribution is 6.00. The Hall–Kier alpha value is -2.89. The number of carbonyl (C=O) groups excluding carboxylic acids is 1. The van der Waals surface area contributed by atoms with Gasteiger partial charge in [0.1, 0.15) is 5.75 Å². The van der Waals surface area contributed by atoms with Crippen LogP contribution in [0.1, 0.15) is 18.1 Å². The van der Waals surface area contributed by atoms with E-state index in [0.29, 0.717) is 18.0 Å². The van der Waals surface area contributed by atoms with E-state index in [2.05, 4.69) is 0 Å². The van der Waals surface area contributed by atoms with E-state index in [0.717, 1.165) is 11.1 Å². The number of rotatable bonds is 3. The van der Waals surface area contributed by atoms with Crippen LogP contribution in [-0.4, -0.2) is 16.9 Å². The summed E-state index contributed by atoms with van der Waals surface area (Å²) in [7, 11) is 0. The molecular weight excluding hydrogens is 296 g/mol. The van der Waals surface area contributed by atoms with Gasteiger partial charge in [0, 0.05) is 12.1 Å². The maximum Gasteiger partial charge on any atom is 0.271 e. The summed E-state index contributed by atoms with van der Waals surface area (Å²) in [5.41, 5.74) is 2.45. The topological polar surface area (TPSA) is 72.7 Å². The van der Waals surface area contributed by atoms with Gasteiger partial charge < -0.3 is 9.64 Å². The second kappa shape index (κ2) is 5.72. The standard InChI is InChI=1S/C17H16N2O4/c1-11-3-5-13(6-4-11)10-18-15-9-14(19(21)22)7-8-16(15)23-12(2)17(18)20/h3-9,12H,10H2,1-2H3. The lowest BCUT2D eigenvalue weighted by atomic mass is 10.1. The summed E-state index contributed by atoms with van der Waals surface area (Å²) < 4.78 is 5.55. The summed E-state index contributed by atoms with van der Waals surface area (Å²) in [5, 5.41) is 11.0. The van der Waals surface area contributed by atoms with Crippen molar-refractivity contribution < 1.29 is 14.5 Å². The molecule has 6 nitrogen and oxygen atoms in total. The van der Waals surface area contributed by atoms with Gasteiger partial charge in [0.25, 0.3) is 11.6 Å². The normalized spacial score (nSPS) is 16.7. The van der Waals surface area contributed by atoms with Crippen LogP contribution in [0.4, 0.5) is 11.4 Å². The lowest BCUT2D eigenvalue weighted by molar-refractivity contribution is -0.384. The van der Waals surface area contributed by atoms with E-state index in [9.17, 15) is 14.9 Å². The zero-order valence-electron chi connectivity index (χ0n) is 12.9. The van der Waals surface area contributed by atoms with E-state index in [1.165, 1.54) is 12.1 Å². The summed E-state index contributed by atoms with van der Waals surface area (Å²) in [6.07, 6.45) is -0.616. The third-order valence-electron chi connectivity index (χ3n) is 3.82. The largest absolute Gasteiger partial charge is 0.479 e. The highest BCUT2D eigenvalue weighted by Gasteiger charge is 2.32. The first-order valence-corrected chi connectivity index (χ1v) is 7.28. The molecule has 0 aliphatic carbocycles. The zero-order chi connectivity index (χ0) is 16.6. The highest BCUT2D eigenvalue weighted by Crippen LogP contribution is 2.37. The van der Waals surface area contributed by atoms with Crippen molar-refractivity contribution >= 4 is 17.3 Å². The Bertz CT molecular complexity index is 771. The van der Waals surface area contributed by atoms with Gasteiger partial charge in [-0.1, -0.05) is 29.8 Å². The van der Waals surface area contributed by atoms with Crippen LogP contribution in [0.15, 0.2) is 42.5 Å². The predicted molar refractivity (Wildman–Crippen MR) is 85.6 cm³/mol. The molecule has 0 saturated carbocycles. The first kappa shape index (κ1) is 15.0. The van der Waals surface area contributed by atoms with Crippen molar-refractivity contribution in [1.29, 1.82) is 0 Å². The molecule has 118 valence electrons. The molecule has 0 saturated heterocycles. The Morgan fingerprint density at radius 3 is 2.57 bits per heavy atom. The minimum Gasteiger partial charge on any atom is -0.479 e. The van der Waals surface area contributed by atoms with Crippen LogP contribution in [0.25, 0.3) is 0 Å². The first-order chi connectivity index (χ1) is 11.0. The molecule has 1 atom stereocenters. The Labute approximate surface area is 133 Å². The number of non-ortho nitro benzene ring substituents is 1. The lowest BCUT2D eigenvalue weighted by Gasteiger charge is -2.32. The average molecular weight is 312 g/mol. The summed E-state index contributed by atoms with van der Waals surface area (Å²) in [4.78, 5) is 24.5. The highest BCUT2D eigenvalue weighted by atomic mass is 16.6. The van der Waals surface area contributed by atoms with Gasteiger partial charge in [-0.3, -0.25) is 14.9 Å². The van der Waals surface area contributed by atoms with Gasteiger partial charge >= 0.3 is 0 Å². The molecule has 1 unspecified atom stereocenters. The third-order valence-corrected chi connectivity index (χ3v) is 3.82. The number of benzene rings is 2. The minimum absolute atomic E-state index is 0.0661. The van der Waals surface area contributed by atoms with E-state index >= 15 is 0 Å². The maximum absolute atomic E-state index is 12.5. The van der Waals surface area contributed by atoms with Crippen molar-refractivity contribution in [1.82, 2.24) is 0 Å². The van der Waals surface area contributed by atoms with Gasteiger partial charge in [0.05, 0.1) is 17.2 Å². The molecule has 0 spiro atoms. The number of aryl methyl sites for hydroxylation is 1. The van der Waals surface area contributed by atoms with E-state index in [4.69, 9.17) is 4.74 Å². The average Bonchev–Trinajstić information content (AvgIpc) is 2.53. The number of fused-ring (bicyclic) bond motifs is 1. The molecule has 0 aromatic heterocycles. The predicted octanol–water partition coefficient (Wildman–Crippen LogP) is 3.22. The van der Waals surface area contributed by atoms with Crippen LogP contribution in [-0.2, 0) is 11.3 Å². The van der Waals surface area contributed by atoms with Crippen molar-refractivity contribution in [3.63, 3.8) is 0 Å². The van der Waals surface area contributed by atoms with E-state index in [1.807, 2.05) is 31.2 Å². The zero-order valence-corrected chi connectivity index (χ0v) is 12.9.